The third-order valence-electron chi connectivity index (χ3n) is 5.15. The van der Waals surface area contributed by atoms with E-state index in [1.165, 1.54) is 4.91 Å². The molecule has 0 atom stereocenters. The average molecular weight is 556 g/mol. The molecule has 0 N–H and O–H groups in total. The van der Waals surface area contributed by atoms with Crippen LogP contribution in [-0.4, -0.2) is 36.3 Å². The molecule has 0 bridgehead atoms. The third-order valence-corrected chi connectivity index (χ3v) is 7.40. The number of ether oxygens (including phenoxy) is 2. The summed E-state index contributed by atoms with van der Waals surface area (Å²) in [5.74, 6) is 1.35. The molecule has 8 heteroatoms. The Morgan fingerprint density at radius 1 is 1.22 bits per heavy atom. The highest BCUT2D eigenvalue weighted by atomic mass is 79.9. The number of fused-ring (bicyclic) bond motifs is 1. The van der Waals surface area contributed by atoms with E-state index in [9.17, 15) is 0 Å². The van der Waals surface area contributed by atoms with Gasteiger partial charge in [0.05, 0.1) is 17.6 Å². The van der Waals surface area contributed by atoms with Crippen molar-refractivity contribution in [2.45, 2.75) is 27.4 Å². The Labute approximate surface area is 212 Å². The van der Waals surface area contributed by atoms with Gasteiger partial charge in [0.15, 0.2) is 16.7 Å². The van der Waals surface area contributed by atoms with Crippen LogP contribution in [0.5, 0.6) is 11.5 Å². The molecule has 170 valence electrons. The molecular weight excluding hydrogens is 531 g/mol. The Kier molecular flexibility index (Phi) is 7.35. The molecule has 0 amide bonds. The molecule has 0 unspecified atom stereocenters. The number of halogens is 3. The lowest BCUT2D eigenvalue weighted by atomic mass is 9.92. The van der Waals surface area contributed by atoms with Crippen LogP contribution in [0.2, 0.25) is 10.0 Å². The zero-order chi connectivity index (χ0) is 22.9. The number of nitrogens with zero attached hydrogens (tertiary/aromatic N) is 2. The fourth-order valence-corrected chi connectivity index (χ4v) is 5.77. The van der Waals surface area contributed by atoms with Crippen LogP contribution in [0.25, 0.3) is 6.08 Å². The van der Waals surface area contributed by atoms with E-state index in [4.69, 9.17) is 37.7 Å². The highest BCUT2D eigenvalue weighted by Gasteiger charge is 2.33. The van der Waals surface area contributed by atoms with Crippen molar-refractivity contribution >= 4 is 62.1 Å². The second kappa shape index (κ2) is 9.88. The highest BCUT2D eigenvalue weighted by molar-refractivity contribution is 9.10. The van der Waals surface area contributed by atoms with Crippen LogP contribution in [0, 0.1) is 5.41 Å². The van der Waals surface area contributed by atoms with Gasteiger partial charge in [0.2, 0.25) is 0 Å². The molecule has 32 heavy (non-hydrogen) atoms. The second-order valence-corrected chi connectivity index (χ2v) is 11.4. The van der Waals surface area contributed by atoms with E-state index < -0.39 is 0 Å². The van der Waals surface area contributed by atoms with Crippen molar-refractivity contribution in [1.82, 2.24) is 4.90 Å². The van der Waals surface area contributed by atoms with Gasteiger partial charge in [0.25, 0.3) is 0 Å². The molecule has 0 saturated carbocycles. The molecule has 2 aromatic carbocycles. The van der Waals surface area contributed by atoms with Crippen molar-refractivity contribution in [3.8, 4) is 11.5 Å². The van der Waals surface area contributed by atoms with Crippen LogP contribution in [0.1, 0.15) is 31.9 Å². The van der Waals surface area contributed by atoms with Crippen LogP contribution in [-0.2, 0) is 6.61 Å². The molecule has 2 aliphatic heterocycles. The fraction of sp³-hybridized carbons (Fsp3) is 0.375. The van der Waals surface area contributed by atoms with Crippen molar-refractivity contribution < 1.29 is 9.47 Å². The standard InChI is InChI=1S/C24H25BrCl2N2O2S/c1-4-30-21-9-15(7-18-11-29-14-24(2,3)13-28-23(29)32-18)8-19(25)22(21)31-12-16-5-6-17(26)10-20(16)27/h5-10H,4,11-14H2,1-3H3. The number of benzene rings is 2. The Bertz CT molecular complexity index is 1090. The smallest absolute Gasteiger partial charge is 0.175 e. The molecular formula is C24H25BrCl2N2O2S. The lowest BCUT2D eigenvalue weighted by molar-refractivity contribution is 0.259. The third kappa shape index (κ3) is 5.58. The number of thioether (sulfide) groups is 1. The SMILES string of the molecule is CCOc1cc(C=C2CN3CC(C)(C)CN=C3S2)cc(Br)c1OCc1ccc(Cl)cc1Cl. The minimum absolute atomic E-state index is 0.219. The zero-order valence-electron chi connectivity index (χ0n) is 18.3. The molecule has 0 aromatic heterocycles. The maximum absolute atomic E-state index is 6.30. The van der Waals surface area contributed by atoms with E-state index in [2.05, 4.69) is 46.8 Å². The van der Waals surface area contributed by atoms with Gasteiger partial charge >= 0.3 is 0 Å². The maximum Gasteiger partial charge on any atom is 0.175 e. The van der Waals surface area contributed by atoms with Crippen LogP contribution in [0.3, 0.4) is 0 Å². The zero-order valence-corrected chi connectivity index (χ0v) is 22.2. The Morgan fingerprint density at radius 2 is 2.03 bits per heavy atom. The van der Waals surface area contributed by atoms with Crippen LogP contribution in [0.15, 0.2) is 44.7 Å². The fourth-order valence-electron chi connectivity index (χ4n) is 3.70. The van der Waals surface area contributed by atoms with Crippen molar-refractivity contribution in [1.29, 1.82) is 0 Å². The van der Waals surface area contributed by atoms with Gasteiger partial charge < -0.3 is 14.4 Å². The number of aliphatic imine (C=N–C) groups is 1. The van der Waals surface area contributed by atoms with Crippen LogP contribution in [0.4, 0.5) is 0 Å². The van der Waals surface area contributed by atoms with Gasteiger partial charge in [0, 0.05) is 39.0 Å². The van der Waals surface area contributed by atoms with E-state index in [1.54, 1.807) is 23.9 Å². The summed E-state index contributed by atoms with van der Waals surface area (Å²) in [5.41, 5.74) is 2.13. The van der Waals surface area contributed by atoms with E-state index in [0.717, 1.165) is 40.4 Å². The van der Waals surface area contributed by atoms with Crippen molar-refractivity contribution in [2.75, 3.05) is 26.2 Å². The topological polar surface area (TPSA) is 34.1 Å². The summed E-state index contributed by atoms with van der Waals surface area (Å²) < 4.78 is 12.8. The first-order valence-corrected chi connectivity index (χ1v) is 12.8. The van der Waals surface area contributed by atoms with Crippen molar-refractivity contribution in [2.24, 2.45) is 10.4 Å². The number of hydrogen-bond acceptors (Lipinski definition) is 5. The summed E-state index contributed by atoms with van der Waals surface area (Å²) in [7, 11) is 0. The lowest BCUT2D eigenvalue weighted by Crippen LogP contribution is -2.40. The second-order valence-electron chi connectivity index (χ2n) is 8.62. The molecule has 4 nitrogen and oxygen atoms in total. The Hall–Kier alpha value is -1.34. The molecule has 4 rings (SSSR count). The summed E-state index contributed by atoms with van der Waals surface area (Å²) in [4.78, 5) is 8.41. The number of rotatable bonds is 6. The number of amidine groups is 1. The minimum atomic E-state index is 0.219. The minimum Gasteiger partial charge on any atom is -0.490 e. The van der Waals surface area contributed by atoms with Crippen LogP contribution >= 0.6 is 50.9 Å². The van der Waals surface area contributed by atoms with Gasteiger partial charge in [-0.25, -0.2) is 0 Å². The van der Waals surface area contributed by atoms with Crippen LogP contribution < -0.4 is 9.47 Å². The monoisotopic (exact) mass is 554 g/mol. The van der Waals surface area contributed by atoms with Gasteiger partial charge in [-0.1, -0.05) is 54.9 Å². The maximum atomic E-state index is 6.30. The Balaban J connectivity index is 1.54. The summed E-state index contributed by atoms with van der Waals surface area (Å²) in [6.07, 6.45) is 2.20. The first-order chi connectivity index (χ1) is 15.2. The highest BCUT2D eigenvalue weighted by Crippen LogP contribution is 2.41. The molecule has 0 radical (unpaired) electrons. The molecule has 0 aliphatic carbocycles. The first-order valence-electron chi connectivity index (χ1n) is 10.4. The Morgan fingerprint density at radius 3 is 2.78 bits per heavy atom. The van der Waals surface area contributed by atoms with E-state index >= 15 is 0 Å². The average Bonchev–Trinajstić information content (AvgIpc) is 3.09. The van der Waals surface area contributed by atoms with Gasteiger partial charge in [-0.15, -0.1) is 0 Å². The lowest BCUT2D eigenvalue weighted by Gasteiger charge is -2.33. The van der Waals surface area contributed by atoms with Gasteiger partial charge in [0.1, 0.15) is 6.61 Å². The first kappa shape index (κ1) is 23.8. The normalized spacial score (nSPS) is 18.5. The van der Waals surface area contributed by atoms with Crippen molar-refractivity contribution in [3.63, 3.8) is 0 Å². The number of hydrogen-bond donors (Lipinski definition) is 0. The molecule has 2 aliphatic rings. The van der Waals surface area contributed by atoms with Crippen molar-refractivity contribution in [3.05, 3.63) is 60.9 Å². The largest absolute Gasteiger partial charge is 0.490 e. The van der Waals surface area contributed by atoms with Gasteiger partial charge in [-0.05, 0) is 58.8 Å². The predicted molar refractivity (Wildman–Crippen MR) is 139 cm³/mol. The quantitative estimate of drug-likeness (QED) is 0.369. The molecule has 0 spiro atoms. The van der Waals surface area contributed by atoms with Gasteiger partial charge in [-0.3, -0.25) is 4.99 Å². The summed E-state index contributed by atoms with van der Waals surface area (Å²) >= 11 is 17.7. The predicted octanol–water partition coefficient (Wildman–Crippen LogP) is 7.52. The summed E-state index contributed by atoms with van der Waals surface area (Å²) in [6, 6.07) is 9.46. The summed E-state index contributed by atoms with van der Waals surface area (Å²) in [5, 5.41) is 2.30. The molecule has 1 fully saturated rings. The molecule has 1 saturated heterocycles. The van der Waals surface area contributed by atoms with E-state index in [-0.39, 0.29) is 5.41 Å². The molecule has 2 heterocycles. The molecule has 2 aromatic rings. The van der Waals surface area contributed by atoms with E-state index in [1.807, 2.05) is 19.1 Å². The van der Waals surface area contributed by atoms with Gasteiger partial charge in [-0.2, -0.15) is 0 Å². The summed E-state index contributed by atoms with van der Waals surface area (Å²) in [6.45, 7) is 10.1. The van der Waals surface area contributed by atoms with E-state index in [0.29, 0.717) is 34.8 Å².